The number of rotatable bonds is 4. The molecule has 1 saturated heterocycles. The van der Waals surface area contributed by atoms with Gasteiger partial charge in [-0.3, -0.25) is 19.8 Å². The predicted molar refractivity (Wildman–Crippen MR) is 76.5 cm³/mol. The number of anilines is 1. The van der Waals surface area contributed by atoms with Crippen molar-refractivity contribution in [1.82, 2.24) is 9.88 Å². The lowest BCUT2D eigenvalue weighted by molar-refractivity contribution is -0.385. The summed E-state index contributed by atoms with van der Waals surface area (Å²) in [6.07, 6.45) is 2.10. The van der Waals surface area contributed by atoms with Gasteiger partial charge in [-0.1, -0.05) is 0 Å². The van der Waals surface area contributed by atoms with Crippen LogP contribution in [0.1, 0.15) is 12.0 Å². The van der Waals surface area contributed by atoms with E-state index in [1.54, 1.807) is 6.92 Å². The Kier molecular flexibility index (Phi) is 4.69. The molecule has 1 aliphatic rings. The highest BCUT2D eigenvalue weighted by molar-refractivity contribution is 5.69. The zero-order chi connectivity index (χ0) is 15.4. The highest BCUT2D eigenvalue weighted by Gasteiger charge is 2.20. The van der Waals surface area contributed by atoms with Gasteiger partial charge in [-0.25, -0.2) is 4.98 Å². The monoisotopic (exact) mass is 294 g/mol. The summed E-state index contributed by atoms with van der Waals surface area (Å²) in [5, 5.41) is 19.6. The number of pyridine rings is 1. The molecule has 1 N–H and O–H groups in total. The van der Waals surface area contributed by atoms with Gasteiger partial charge in [0.2, 0.25) is 0 Å². The van der Waals surface area contributed by atoms with Crippen LogP contribution < -0.4 is 4.90 Å². The van der Waals surface area contributed by atoms with Crippen LogP contribution in [0.4, 0.5) is 11.5 Å². The van der Waals surface area contributed by atoms with Crippen molar-refractivity contribution in [3.05, 3.63) is 27.9 Å². The number of aromatic nitrogens is 1. The third kappa shape index (κ3) is 3.88. The molecule has 8 nitrogen and oxygen atoms in total. The summed E-state index contributed by atoms with van der Waals surface area (Å²) >= 11 is 0. The van der Waals surface area contributed by atoms with Gasteiger partial charge in [0.05, 0.1) is 11.5 Å². The van der Waals surface area contributed by atoms with Crippen LogP contribution in [0.2, 0.25) is 0 Å². The van der Waals surface area contributed by atoms with Gasteiger partial charge in [0, 0.05) is 32.2 Å². The van der Waals surface area contributed by atoms with Gasteiger partial charge >= 0.3 is 5.97 Å². The molecule has 114 valence electrons. The van der Waals surface area contributed by atoms with Crippen LogP contribution >= 0.6 is 0 Å². The number of carboxylic acid groups (broad SMARTS) is 1. The maximum Gasteiger partial charge on any atom is 0.317 e. The first kappa shape index (κ1) is 15.2. The molecule has 1 aromatic rings. The fourth-order valence-corrected chi connectivity index (χ4v) is 2.52. The number of nitrogens with zero attached hydrogens (tertiary/aromatic N) is 4. The minimum atomic E-state index is -0.826. The maximum atomic E-state index is 10.8. The van der Waals surface area contributed by atoms with Crippen molar-refractivity contribution in [1.29, 1.82) is 0 Å². The second-order valence-corrected chi connectivity index (χ2v) is 5.10. The SMILES string of the molecule is Cc1cc([N+](=O)[O-])cnc1N1CCCN(CC(=O)O)CC1. The van der Waals surface area contributed by atoms with Gasteiger partial charge in [-0.2, -0.15) is 0 Å². The van der Waals surface area contributed by atoms with Gasteiger partial charge in [0.1, 0.15) is 12.0 Å². The number of carbonyl (C=O) groups is 1. The summed E-state index contributed by atoms with van der Waals surface area (Å²) in [5.41, 5.74) is 0.745. The van der Waals surface area contributed by atoms with E-state index in [9.17, 15) is 14.9 Å². The topological polar surface area (TPSA) is 99.8 Å². The van der Waals surface area contributed by atoms with Crippen molar-refractivity contribution in [2.45, 2.75) is 13.3 Å². The molecule has 0 aliphatic carbocycles. The Morgan fingerprint density at radius 2 is 2.19 bits per heavy atom. The van der Waals surface area contributed by atoms with E-state index in [-0.39, 0.29) is 12.2 Å². The zero-order valence-electron chi connectivity index (χ0n) is 11.9. The molecule has 0 radical (unpaired) electrons. The molecule has 0 bridgehead atoms. The zero-order valence-corrected chi connectivity index (χ0v) is 11.9. The molecule has 0 spiro atoms. The number of hydrogen-bond acceptors (Lipinski definition) is 6. The van der Waals surface area contributed by atoms with Crippen LogP contribution in [0.25, 0.3) is 0 Å². The van der Waals surface area contributed by atoms with E-state index in [4.69, 9.17) is 5.11 Å². The Hall–Kier alpha value is -2.22. The standard InChI is InChI=1S/C13H18N4O4/c1-10-7-11(17(20)21)8-14-13(10)16-4-2-3-15(5-6-16)9-12(18)19/h7-8H,2-6,9H2,1H3,(H,18,19). The molecule has 21 heavy (non-hydrogen) atoms. The fraction of sp³-hybridized carbons (Fsp3) is 0.538. The Labute approximate surface area is 122 Å². The first-order valence-corrected chi connectivity index (χ1v) is 6.77. The number of aliphatic carboxylic acids is 1. The lowest BCUT2D eigenvalue weighted by Crippen LogP contribution is -2.34. The van der Waals surface area contributed by atoms with Crippen LogP contribution in [0.3, 0.4) is 0 Å². The second kappa shape index (κ2) is 6.49. The lowest BCUT2D eigenvalue weighted by Gasteiger charge is -2.23. The highest BCUT2D eigenvalue weighted by atomic mass is 16.6. The molecule has 2 heterocycles. The molecule has 0 unspecified atom stereocenters. The molecule has 1 fully saturated rings. The second-order valence-electron chi connectivity index (χ2n) is 5.10. The Balaban J connectivity index is 2.08. The Morgan fingerprint density at radius 3 is 2.81 bits per heavy atom. The van der Waals surface area contributed by atoms with Crippen molar-refractivity contribution >= 4 is 17.5 Å². The first-order chi connectivity index (χ1) is 9.97. The van der Waals surface area contributed by atoms with Crippen molar-refractivity contribution in [2.75, 3.05) is 37.6 Å². The quantitative estimate of drug-likeness (QED) is 0.650. The third-order valence-electron chi connectivity index (χ3n) is 3.49. The van der Waals surface area contributed by atoms with Crippen LogP contribution in [0.15, 0.2) is 12.3 Å². The van der Waals surface area contributed by atoms with Crippen molar-refractivity contribution < 1.29 is 14.8 Å². The molecular weight excluding hydrogens is 276 g/mol. The highest BCUT2D eigenvalue weighted by Crippen LogP contribution is 2.22. The average Bonchev–Trinajstić information content (AvgIpc) is 2.63. The number of hydrogen-bond donors (Lipinski definition) is 1. The smallest absolute Gasteiger partial charge is 0.317 e. The Morgan fingerprint density at radius 1 is 1.43 bits per heavy atom. The van der Waals surface area contributed by atoms with Gasteiger partial charge in [0.15, 0.2) is 0 Å². The molecule has 1 aliphatic heterocycles. The minimum absolute atomic E-state index is 0.0152. The summed E-state index contributed by atoms with van der Waals surface area (Å²) in [5.74, 6) is -0.0918. The summed E-state index contributed by atoms with van der Waals surface area (Å²) in [6, 6.07) is 1.52. The van der Waals surface area contributed by atoms with Crippen LogP contribution in [0.5, 0.6) is 0 Å². The largest absolute Gasteiger partial charge is 0.480 e. The van der Waals surface area contributed by atoms with E-state index in [1.807, 2.05) is 4.90 Å². The lowest BCUT2D eigenvalue weighted by atomic mass is 10.2. The van der Waals surface area contributed by atoms with Crippen LogP contribution in [-0.2, 0) is 4.79 Å². The average molecular weight is 294 g/mol. The van der Waals surface area contributed by atoms with Crippen molar-refractivity contribution in [3.8, 4) is 0 Å². The molecule has 0 saturated carbocycles. The van der Waals surface area contributed by atoms with E-state index < -0.39 is 10.9 Å². The van der Waals surface area contributed by atoms with Crippen LogP contribution in [0, 0.1) is 17.0 Å². The van der Waals surface area contributed by atoms with Gasteiger partial charge in [0.25, 0.3) is 5.69 Å². The molecule has 0 atom stereocenters. The fourth-order valence-electron chi connectivity index (χ4n) is 2.52. The third-order valence-corrected chi connectivity index (χ3v) is 3.49. The van der Waals surface area contributed by atoms with E-state index in [0.717, 1.165) is 30.9 Å². The number of nitro groups is 1. The van der Waals surface area contributed by atoms with Crippen molar-refractivity contribution in [2.24, 2.45) is 0 Å². The molecule has 2 rings (SSSR count). The molecule has 0 aromatic carbocycles. The van der Waals surface area contributed by atoms with E-state index in [0.29, 0.717) is 13.1 Å². The minimum Gasteiger partial charge on any atom is -0.480 e. The van der Waals surface area contributed by atoms with E-state index >= 15 is 0 Å². The van der Waals surface area contributed by atoms with E-state index in [2.05, 4.69) is 9.88 Å². The normalized spacial score (nSPS) is 16.5. The molecular formula is C13H18N4O4. The van der Waals surface area contributed by atoms with Gasteiger partial charge in [-0.05, 0) is 18.9 Å². The maximum absolute atomic E-state index is 10.8. The summed E-state index contributed by atoms with van der Waals surface area (Å²) in [6.45, 7) is 4.65. The Bertz CT molecular complexity index is 549. The van der Waals surface area contributed by atoms with Gasteiger partial charge in [-0.15, -0.1) is 0 Å². The summed E-state index contributed by atoms with van der Waals surface area (Å²) in [4.78, 5) is 29.2. The summed E-state index contributed by atoms with van der Waals surface area (Å²) in [7, 11) is 0. The number of aryl methyl sites for hydroxylation is 1. The molecule has 0 amide bonds. The van der Waals surface area contributed by atoms with Crippen molar-refractivity contribution in [3.63, 3.8) is 0 Å². The first-order valence-electron chi connectivity index (χ1n) is 6.77. The van der Waals surface area contributed by atoms with E-state index in [1.165, 1.54) is 12.3 Å². The molecule has 1 aromatic heterocycles. The molecule has 8 heteroatoms. The predicted octanol–water partition coefficient (Wildman–Crippen LogP) is 0.895. The number of carboxylic acids is 1. The van der Waals surface area contributed by atoms with Crippen LogP contribution in [-0.4, -0.2) is 58.6 Å². The summed E-state index contributed by atoms with van der Waals surface area (Å²) < 4.78 is 0. The van der Waals surface area contributed by atoms with Gasteiger partial charge < -0.3 is 10.0 Å².